The van der Waals surface area contributed by atoms with Crippen molar-refractivity contribution in [2.45, 2.75) is 31.0 Å². The second-order valence-electron chi connectivity index (χ2n) is 5.57. The molecule has 0 aromatic carbocycles. The van der Waals surface area contributed by atoms with Crippen molar-refractivity contribution in [2.24, 2.45) is 0 Å². The molecule has 0 amide bonds. The molecule has 3 heterocycles. The molecular weight excluding hydrogens is 374 g/mol. The van der Waals surface area contributed by atoms with Crippen LogP contribution in [0.3, 0.4) is 0 Å². The lowest BCUT2D eigenvalue weighted by atomic mass is 10.4. The molecule has 0 saturated heterocycles. The minimum atomic E-state index is -3.58. The zero-order valence-corrected chi connectivity index (χ0v) is 16.0. The van der Waals surface area contributed by atoms with E-state index in [-0.39, 0.29) is 22.9 Å². The summed E-state index contributed by atoms with van der Waals surface area (Å²) in [6.45, 7) is 4.01. The van der Waals surface area contributed by atoms with Crippen molar-refractivity contribution in [1.29, 1.82) is 0 Å². The molecule has 0 unspecified atom stereocenters. The Balaban J connectivity index is 1.72. The molecule has 3 rings (SSSR count). The first-order valence-corrected chi connectivity index (χ1v) is 10.4. The van der Waals surface area contributed by atoms with Gasteiger partial charge in [-0.3, -0.25) is 9.36 Å². The molecule has 3 aromatic heterocycles. The molecule has 0 spiro atoms. The standard InChI is InChI=1S/C16H19N5O3S2/c1-3-13-4-7-16(25-13)26(23,24)18-9-11-21-15(22)6-5-14(19-21)20-10-8-17-12(20)2/h4-8,10,18H,3,9,11H2,1-2H3. The highest BCUT2D eigenvalue weighted by Crippen LogP contribution is 2.21. The number of nitrogens with one attached hydrogen (secondary N) is 1. The van der Waals surface area contributed by atoms with Crippen molar-refractivity contribution in [1.82, 2.24) is 24.1 Å². The van der Waals surface area contributed by atoms with E-state index in [2.05, 4.69) is 14.8 Å². The summed E-state index contributed by atoms with van der Waals surface area (Å²) in [5, 5.41) is 4.28. The summed E-state index contributed by atoms with van der Waals surface area (Å²) < 4.78 is 30.4. The first kappa shape index (κ1) is 18.5. The van der Waals surface area contributed by atoms with Crippen LogP contribution in [0.25, 0.3) is 5.82 Å². The van der Waals surface area contributed by atoms with Crippen molar-refractivity contribution in [3.63, 3.8) is 0 Å². The summed E-state index contributed by atoms with van der Waals surface area (Å²) in [4.78, 5) is 17.1. The van der Waals surface area contributed by atoms with E-state index in [1.54, 1.807) is 29.1 Å². The van der Waals surface area contributed by atoms with Crippen molar-refractivity contribution >= 4 is 21.4 Å². The van der Waals surface area contributed by atoms with Crippen LogP contribution >= 0.6 is 11.3 Å². The Hall–Kier alpha value is -2.30. The van der Waals surface area contributed by atoms with Crippen molar-refractivity contribution in [3.05, 3.63) is 57.7 Å². The Morgan fingerprint density at radius 2 is 2.04 bits per heavy atom. The van der Waals surface area contributed by atoms with Gasteiger partial charge in [0.05, 0.1) is 6.54 Å². The smallest absolute Gasteiger partial charge is 0.266 e. The highest BCUT2D eigenvalue weighted by molar-refractivity contribution is 7.91. The normalized spacial score (nSPS) is 11.8. The molecule has 0 aliphatic heterocycles. The number of sulfonamides is 1. The molecule has 0 bridgehead atoms. The third kappa shape index (κ3) is 3.92. The van der Waals surface area contributed by atoms with Gasteiger partial charge in [0.25, 0.3) is 5.56 Å². The maximum absolute atomic E-state index is 12.3. The van der Waals surface area contributed by atoms with Gasteiger partial charge in [0.1, 0.15) is 10.0 Å². The Kier molecular flexibility index (Phi) is 5.35. The van der Waals surface area contributed by atoms with E-state index in [4.69, 9.17) is 0 Å². The fourth-order valence-corrected chi connectivity index (χ4v) is 4.76. The topological polar surface area (TPSA) is 98.9 Å². The Labute approximate surface area is 155 Å². The third-order valence-electron chi connectivity index (χ3n) is 3.79. The van der Waals surface area contributed by atoms with Gasteiger partial charge in [0, 0.05) is 29.9 Å². The summed E-state index contributed by atoms with van der Waals surface area (Å²) in [6.07, 6.45) is 4.18. The van der Waals surface area contributed by atoms with Crippen LogP contribution in [0.5, 0.6) is 0 Å². The van der Waals surface area contributed by atoms with Crippen molar-refractivity contribution < 1.29 is 8.42 Å². The van der Waals surface area contributed by atoms with Crippen LogP contribution in [-0.4, -0.2) is 34.3 Å². The van der Waals surface area contributed by atoms with Gasteiger partial charge in [0.15, 0.2) is 5.82 Å². The second kappa shape index (κ2) is 7.52. The van der Waals surface area contributed by atoms with E-state index in [1.165, 1.54) is 22.1 Å². The van der Waals surface area contributed by atoms with Crippen LogP contribution in [0.2, 0.25) is 0 Å². The van der Waals surface area contributed by atoms with Gasteiger partial charge in [-0.25, -0.2) is 22.8 Å². The molecule has 0 fully saturated rings. The van der Waals surface area contributed by atoms with Gasteiger partial charge >= 0.3 is 0 Å². The van der Waals surface area contributed by atoms with Gasteiger partial charge in [0.2, 0.25) is 10.0 Å². The molecular formula is C16H19N5O3S2. The second-order valence-corrected chi connectivity index (χ2v) is 8.73. The van der Waals surface area contributed by atoms with Crippen molar-refractivity contribution in [2.75, 3.05) is 6.54 Å². The number of imidazole rings is 1. The van der Waals surface area contributed by atoms with Crippen LogP contribution in [0.1, 0.15) is 17.6 Å². The highest BCUT2D eigenvalue weighted by atomic mass is 32.2. The monoisotopic (exact) mass is 393 g/mol. The quantitative estimate of drug-likeness (QED) is 0.653. The fourth-order valence-electron chi connectivity index (χ4n) is 2.40. The van der Waals surface area contributed by atoms with Crippen LogP contribution in [0.15, 0.2) is 45.7 Å². The maximum Gasteiger partial charge on any atom is 0.266 e. The predicted octanol–water partition coefficient (Wildman–Crippen LogP) is 1.34. The molecule has 8 nitrogen and oxygen atoms in total. The summed E-state index contributed by atoms with van der Waals surface area (Å²) in [7, 11) is -3.58. The molecule has 0 atom stereocenters. The minimum absolute atomic E-state index is 0.0704. The summed E-state index contributed by atoms with van der Waals surface area (Å²) in [5.41, 5.74) is -0.296. The lowest BCUT2D eigenvalue weighted by molar-refractivity contribution is 0.545. The Morgan fingerprint density at radius 1 is 1.23 bits per heavy atom. The van der Waals surface area contributed by atoms with E-state index in [9.17, 15) is 13.2 Å². The molecule has 1 N–H and O–H groups in total. The van der Waals surface area contributed by atoms with Gasteiger partial charge in [-0.15, -0.1) is 11.3 Å². The van der Waals surface area contributed by atoms with E-state index >= 15 is 0 Å². The van der Waals surface area contributed by atoms with E-state index in [1.807, 2.05) is 19.9 Å². The molecule has 26 heavy (non-hydrogen) atoms. The number of thiophene rings is 1. The van der Waals surface area contributed by atoms with Gasteiger partial charge < -0.3 is 0 Å². The third-order valence-corrected chi connectivity index (χ3v) is 6.97. The Morgan fingerprint density at radius 3 is 2.69 bits per heavy atom. The zero-order chi connectivity index (χ0) is 18.7. The summed E-state index contributed by atoms with van der Waals surface area (Å²) in [5.74, 6) is 1.29. The van der Waals surface area contributed by atoms with E-state index in [0.717, 1.165) is 17.1 Å². The van der Waals surface area contributed by atoms with Gasteiger partial charge in [-0.1, -0.05) is 6.92 Å². The summed E-state index contributed by atoms with van der Waals surface area (Å²) in [6, 6.07) is 6.42. The molecule has 0 aliphatic carbocycles. The van der Waals surface area contributed by atoms with E-state index in [0.29, 0.717) is 5.82 Å². The van der Waals surface area contributed by atoms with Gasteiger partial charge in [-0.2, -0.15) is 5.10 Å². The molecule has 138 valence electrons. The van der Waals surface area contributed by atoms with Crippen LogP contribution in [0, 0.1) is 6.92 Å². The lowest BCUT2D eigenvalue weighted by Crippen LogP contribution is -2.32. The predicted molar refractivity (Wildman–Crippen MR) is 99.2 cm³/mol. The van der Waals surface area contributed by atoms with Crippen molar-refractivity contribution in [3.8, 4) is 5.82 Å². The first-order valence-electron chi connectivity index (χ1n) is 8.07. The largest absolute Gasteiger partial charge is 0.287 e. The van der Waals surface area contributed by atoms with Crippen LogP contribution in [0.4, 0.5) is 0 Å². The first-order chi connectivity index (χ1) is 12.4. The van der Waals surface area contributed by atoms with Crippen LogP contribution in [-0.2, 0) is 23.0 Å². The average molecular weight is 393 g/mol. The number of hydrogen-bond donors (Lipinski definition) is 1. The van der Waals surface area contributed by atoms with Crippen LogP contribution < -0.4 is 10.3 Å². The SMILES string of the molecule is CCc1ccc(S(=O)(=O)NCCn2nc(-n3ccnc3C)ccc2=O)s1. The molecule has 0 aliphatic rings. The molecule has 10 heteroatoms. The summed E-state index contributed by atoms with van der Waals surface area (Å²) >= 11 is 1.25. The fraction of sp³-hybridized carbons (Fsp3) is 0.312. The molecule has 0 saturated carbocycles. The molecule has 3 aromatic rings. The number of aromatic nitrogens is 4. The number of aryl methyl sites for hydroxylation is 2. The molecule has 0 radical (unpaired) electrons. The highest BCUT2D eigenvalue weighted by Gasteiger charge is 2.16. The average Bonchev–Trinajstić information content (AvgIpc) is 3.25. The zero-order valence-electron chi connectivity index (χ0n) is 14.4. The van der Waals surface area contributed by atoms with Gasteiger partial charge in [-0.05, 0) is 31.5 Å². The lowest BCUT2D eigenvalue weighted by Gasteiger charge is -2.09. The Bertz CT molecular complexity index is 1070. The number of nitrogens with zero attached hydrogens (tertiary/aromatic N) is 4. The maximum atomic E-state index is 12.3. The minimum Gasteiger partial charge on any atom is -0.287 e. The number of rotatable bonds is 7. The number of hydrogen-bond acceptors (Lipinski definition) is 6. The van der Waals surface area contributed by atoms with E-state index < -0.39 is 10.0 Å².